The van der Waals surface area contributed by atoms with E-state index in [1.54, 1.807) is 12.1 Å². The second-order valence-corrected chi connectivity index (χ2v) is 8.13. The molecule has 2 N–H and O–H groups in total. The van der Waals surface area contributed by atoms with E-state index in [0.717, 1.165) is 12.2 Å². The Morgan fingerprint density at radius 2 is 1.81 bits per heavy atom. The number of nitrogen functional groups attached to an aromatic ring is 1. The molecule has 0 aliphatic heterocycles. The summed E-state index contributed by atoms with van der Waals surface area (Å²) >= 11 is 0. The molecule has 1 aliphatic rings. The largest absolute Gasteiger partial charge is 0.396 e. The van der Waals surface area contributed by atoms with Gasteiger partial charge in [0.2, 0.25) is 10.0 Å². The van der Waals surface area contributed by atoms with Gasteiger partial charge in [-0.25, -0.2) is 12.7 Å². The molecule has 5 nitrogen and oxygen atoms in total. The summed E-state index contributed by atoms with van der Waals surface area (Å²) in [4.78, 5) is 2.27. The summed E-state index contributed by atoms with van der Waals surface area (Å²) in [6, 6.07) is 5.21. The molecule has 1 aliphatic carbocycles. The SMILES string of the molecule is CN(CC1CCCC1)c1cccc(S(=O)(=O)N(C)C)c1N. The summed E-state index contributed by atoms with van der Waals surface area (Å²) in [7, 11) is 1.51. The van der Waals surface area contributed by atoms with Crippen molar-refractivity contribution in [3.05, 3.63) is 18.2 Å². The van der Waals surface area contributed by atoms with E-state index in [-0.39, 0.29) is 4.90 Å². The van der Waals surface area contributed by atoms with Crippen molar-refractivity contribution in [1.82, 2.24) is 4.31 Å². The third-order valence-corrected chi connectivity index (χ3v) is 6.09. The van der Waals surface area contributed by atoms with Crippen molar-refractivity contribution in [3.8, 4) is 0 Å². The molecule has 118 valence electrons. The molecule has 1 fully saturated rings. The van der Waals surface area contributed by atoms with Crippen molar-refractivity contribution in [1.29, 1.82) is 0 Å². The molecule has 21 heavy (non-hydrogen) atoms. The molecule has 0 heterocycles. The molecular weight excluding hydrogens is 286 g/mol. The molecule has 0 unspecified atom stereocenters. The van der Waals surface area contributed by atoms with Gasteiger partial charge in [0.15, 0.2) is 0 Å². The first-order valence-corrected chi connectivity index (χ1v) is 8.80. The molecule has 1 saturated carbocycles. The first kappa shape index (κ1) is 16.1. The Balaban J connectivity index is 2.29. The summed E-state index contributed by atoms with van der Waals surface area (Å²) in [5, 5.41) is 0. The van der Waals surface area contributed by atoms with E-state index in [0.29, 0.717) is 11.6 Å². The fourth-order valence-electron chi connectivity index (χ4n) is 2.97. The quantitative estimate of drug-likeness (QED) is 0.846. The van der Waals surface area contributed by atoms with Crippen LogP contribution in [0.15, 0.2) is 23.1 Å². The van der Waals surface area contributed by atoms with Gasteiger partial charge < -0.3 is 10.6 Å². The van der Waals surface area contributed by atoms with E-state index in [9.17, 15) is 8.42 Å². The Morgan fingerprint density at radius 1 is 1.19 bits per heavy atom. The highest BCUT2D eigenvalue weighted by molar-refractivity contribution is 7.89. The molecule has 6 heteroatoms. The zero-order valence-corrected chi connectivity index (χ0v) is 13.9. The van der Waals surface area contributed by atoms with Gasteiger partial charge >= 0.3 is 0 Å². The normalized spacial score (nSPS) is 16.6. The molecule has 2 rings (SSSR count). The van der Waals surface area contributed by atoms with Gasteiger partial charge in [0.05, 0.1) is 11.4 Å². The minimum absolute atomic E-state index is 0.184. The number of hydrogen-bond acceptors (Lipinski definition) is 4. The lowest BCUT2D eigenvalue weighted by atomic mass is 10.1. The molecular formula is C15H25N3O2S. The zero-order valence-electron chi connectivity index (χ0n) is 13.0. The van der Waals surface area contributed by atoms with Gasteiger partial charge in [-0.05, 0) is 30.9 Å². The molecule has 0 amide bonds. The molecule has 0 bridgehead atoms. The first-order chi connectivity index (χ1) is 9.84. The van der Waals surface area contributed by atoms with E-state index >= 15 is 0 Å². The number of nitrogens with zero attached hydrogens (tertiary/aromatic N) is 2. The summed E-state index contributed by atoms with van der Waals surface area (Å²) in [6.07, 6.45) is 5.09. The van der Waals surface area contributed by atoms with Gasteiger partial charge in [0.25, 0.3) is 0 Å². The Morgan fingerprint density at radius 3 is 2.38 bits per heavy atom. The zero-order chi connectivity index (χ0) is 15.6. The lowest BCUT2D eigenvalue weighted by molar-refractivity contribution is 0.521. The van der Waals surface area contributed by atoms with Gasteiger partial charge in [-0.15, -0.1) is 0 Å². The summed E-state index contributed by atoms with van der Waals surface area (Å²) in [6.45, 7) is 0.926. The van der Waals surface area contributed by atoms with Gasteiger partial charge in [0.1, 0.15) is 4.90 Å². The van der Waals surface area contributed by atoms with Crippen molar-refractivity contribution < 1.29 is 8.42 Å². The average Bonchev–Trinajstić information content (AvgIpc) is 2.91. The van der Waals surface area contributed by atoms with Crippen LogP contribution in [-0.2, 0) is 10.0 Å². The number of benzene rings is 1. The second-order valence-electron chi connectivity index (χ2n) is 6.01. The smallest absolute Gasteiger partial charge is 0.244 e. The molecule has 0 saturated heterocycles. The van der Waals surface area contributed by atoms with Crippen molar-refractivity contribution in [2.45, 2.75) is 30.6 Å². The highest BCUT2D eigenvalue weighted by Crippen LogP contribution is 2.32. The minimum atomic E-state index is -3.51. The third kappa shape index (κ3) is 3.32. The van der Waals surface area contributed by atoms with E-state index in [4.69, 9.17) is 5.73 Å². The van der Waals surface area contributed by atoms with E-state index in [2.05, 4.69) is 4.90 Å². The number of rotatable bonds is 5. The van der Waals surface area contributed by atoms with Crippen molar-refractivity contribution >= 4 is 21.4 Å². The van der Waals surface area contributed by atoms with Crippen molar-refractivity contribution in [3.63, 3.8) is 0 Å². The maximum absolute atomic E-state index is 12.3. The van der Waals surface area contributed by atoms with Crippen LogP contribution < -0.4 is 10.6 Å². The van der Waals surface area contributed by atoms with Gasteiger partial charge in [-0.1, -0.05) is 18.9 Å². The Labute approximate surface area is 127 Å². The molecule has 0 spiro atoms. The topological polar surface area (TPSA) is 66.6 Å². The average molecular weight is 311 g/mol. The lowest BCUT2D eigenvalue weighted by Gasteiger charge is -2.25. The molecule has 1 aromatic rings. The Hall–Kier alpha value is -1.27. The van der Waals surface area contributed by atoms with Gasteiger partial charge in [-0.2, -0.15) is 0 Å². The predicted molar refractivity (Wildman–Crippen MR) is 87.0 cm³/mol. The number of para-hydroxylation sites is 1. The van der Waals surface area contributed by atoms with Crippen LogP contribution in [0.4, 0.5) is 11.4 Å². The van der Waals surface area contributed by atoms with Crippen LogP contribution in [0.1, 0.15) is 25.7 Å². The van der Waals surface area contributed by atoms with Crippen molar-refractivity contribution in [2.24, 2.45) is 5.92 Å². The van der Waals surface area contributed by atoms with E-state index in [1.165, 1.54) is 44.1 Å². The monoisotopic (exact) mass is 311 g/mol. The summed E-state index contributed by atoms with van der Waals surface area (Å²) in [5.41, 5.74) is 7.27. The second kappa shape index (κ2) is 6.23. The highest BCUT2D eigenvalue weighted by Gasteiger charge is 2.24. The molecule has 0 radical (unpaired) electrons. The van der Waals surface area contributed by atoms with Crippen LogP contribution in [0.3, 0.4) is 0 Å². The maximum Gasteiger partial charge on any atom is 0.244 e. The highest BCUT2D eigenvalue weighted by atomic mass is 32.2. The molecule has 0 aromatic heterocycles. The standard InChI is InChI=1S/C15H25N3O2S/c1-17(2)21(19,20)14-10-6-9-13(15(14)16)18(3)11-12-7-4-5-8-12/h6,9-10,12H,4-5,7-8,11,16H2,1-3H3. The molecule has 1 aromatic carbocycles. The van der Waals surface area contributed by atoms with Gasteiger partial charge in [-0.3, -0.25) is 0 Å². The number of sulfonamides is 1. The minimum Gasteiger partial charge on any atom is -0.396 e. The summed E-state index contributed by atoms with van der Waals surface area (Å²) < 4.78 is 25.8. The first-order valence-electron chi connectivity index (χ1n) is 7.36. The summed E-state index contributed by atoms with van der Waals surface area (Å²) in [5.74, 6) is 0.684. The Kier molecular flexibility index (Phi) is 4.78. The van der Waals surface area contributed by atoms with E-state index in [1.807, 2.05) is 13.1 Å². The Bertz CT molecular complexity index is 593. The number of hydrogen-bond donors (Lipinski definition) is 1. The van der Waals surface area contributed by atoms with Gasteiger partial charge in [0, 0.05) is 27.7 Å². The fraction of sp³-hybridized carbons (Fsp3) is 0.600. The lowest BCUT2D eigenvalue weighted by Crippen LogP contribution is -2.27. The van der Waals surface area contributed by atoms with Crippen LogP contribution in [0.5, 0.6) is 0 Å². The van der Waals surface area contributed by atoms with E-state index < -0.39 is 10.0 Å². The van der Waals surface area contributed by atoms with Crippen LogP contribution in [0, 0.1) is 5.92 Å². The predicted octanol–water partition coefficient (Wildman–Crippen LogP) is 2.15. The van der Waals surface area contributed by atoms with Crippen LogP contribution in [0.2, 0.25) is 0 Å². The molecule has 0 atom stereocenters. The number of nitrogens with two attached hydrogens (primary N) is 1. The van der Waals surface area contributed by atoms with Crippen LogP contribution >= 0.6 is 0 Å². The number of anilines is 2. The fourth-order valence-corrected chi connectivity index (χ4v) is 3.99. The third-order valence-electron chi connectivity index (χ3n) is 4.22. The van der Waals surface area contributed by atoms with Crippen LogP contribution in [-0.4, -0.2) is 40.4 Å². The van der Waals surface area contributed by atoms with Crippen LogP contribution in [0.25, 0.3) is 0 Å². The van der Waals surface area contributed by atoms with Crippen molar-refractivity contribution in [2.75, 3.05) is 38.3 Å². The maximum atomic E-state index is 12.3.